The molecule has 14 heteroatoms. The van der Waals surface area contributed by atoms with E-state index in [0.29, 0.717) is 25.6 Å². The number of carbonyl (C=O) groups excluding carboxylic acids is 4. The van der Waals surface area contributed by atoms with Gasteiger partial charge in [0.1, 0.15) is 0 Å². The number of carbonyl (C=O) groups is 4. The number of hydrogen-bond acceptors (Lipinski definition) is 8. The second kappa shape index (κ2) is 10.7. The van der Waals surface area contributed by atoms with Crippen LogP contribution < -0.4 is 10.5 Å². The number of fused-ring (bicyclic) bond motifs is 10. The molecule has 6 aliphatic rings. The summed E-state index contributed by atoms with van der Waals surface area (Å²) in [7, 11) is 0. The molecule has 0 saturated carbocycles. The predicted octanol–water partition coefficient (Wildman–Crippen LogP) is 2.80. The standard InChI is InChI=1S/2C8H6NO4.3C6H4Cl.Sb/c2*10-7-5-3-1-2-4(13-3)6(5)8(11)9(7)12;3*7-6-4-2-1-3-5-6;/h2*1-6H;3*2-5H;/q2*-1;;;;+2/t2*3-,4+,5?,6?;;;;. The zero-order valence-electron chi connectivity index (χ0n) is 24.6. The van der Waals surface area contributed by atoms with Gasteiger partial charge in [0.2, 0.25) is 0 Å². The Kier molecular flexibility index (Phi) is 6.92. The van der Waals surface area contributed by atoms with Crippen LogP contribution in [0.3, 0.4) is 0 Å². The number of hydroxylamine groups is 4. The summed E-state index contributed by atoms with van der Waals surface area (Å²) in [6.07, 6.45) is 4.67. The molecule has 10 nitrogen and oxygen atoms in total. The number of halogens is 3. The molecule has 3 aromatic rings. The van der Waals surface area contributed by atoms with Crippen molar-refractivity contribution in [3.8, 4) is 0 Å². The Hall–Kier alpha value is -3.05. The molecule has 4 bridgehead atoms. The molecule has 4 saturated heterocycles. The second-order valence-corrected chi connectivity index (χ2v) is 24.6. The molecule has 4 amide bonds. The van der Waals surface area contributed by atoms with Crippen LogP contribution in [-0.2, 0) is 34.9 Å². The van der Waals surface area contributed by atoms with Gasteiger partial charge in [-0.3, -0.25) is 0 Å². The van der Waals surface area contributed by atoms with E-state index in [1.807, 2.05) is 0 Å². The van der Waals surface area contributed by atoms with E-state index in [1.165, 1.54) is 0 Å². The van der Waals surface area contributed by atoms with Crippen LogP contribution in [0.5, 0.6) is 0 Å². The molecule has 0 aliphatic carbocycles. The van der Waals surface area contributed by atoms with Crippen molar-refractivity contribution in [3.05, 3.63) is 112 Å². The average Bonchev–Trinajstić information content (AvgIpc) is 3.95. The summed E-state index contributed by atoms with van der Waals surface area (Å²) in [5.74, 6) is -5.75. The fourth-order valence-electron chi connectivity index (χ4n) is 7.91. The third-order valence-corrected chi connectivity index (χ3v) is 24.2. The van der Waals surface area contributed by atoms with Gasteiger partial charge in [-0.25, -0.2) is 0 Å². The van der Waals surface area contributed by atoms with E-state index in [4.69, 9.17) is 50.5 Å². The van der Waals surface area contributed by atoms with Gasteiger partial charge in [0.15, 0.2) is 0 Å². The van der Waals surface area contributed by atoms with Crippen molar-refractivity contribution in [1.29, 1.82) is 0 Å². The van der Waals surface area contributed by atoms with Crippen molar-refractivity contribution in [3.63, 3.8) is 0 Å². The molecule has 0 spiro atoms. The van der Waals surface area contributed by atoms with Crippen molar-refractivity contribution >= 4 is 87.2 Å². The van der Waals surface area contributed by atoms with Gasteiger partial charge < -0.3 is 0 Å². The Bertz CT molecular complexity index is 1740. The van der Waals surface area contributed by atoms with E-state index in [9.17, 15) is 19.2 Å². The minimum absolute atomic E-state index is 0.363. The molecule has 3 aromatic carbocycles. The van der Waals surface area contributed by atoms with Crippen LogP contribution in [0.1, 0.15) is 0 Å². The summed E-state index contributed by atoms with van der Waals surface area (Å²) in [6.45, 7) is 0. The zero-order valence-corrected chi connectivity index (χ0v) is 29.4. The van der Waals surface area contributed by atoms with Gasteiger partial charge in [-0.05, 0) is 0 Å². The summed E-state index contributed by atoms with van der Waals surface area (Å²) in [4.78, 5) is 57.2. The monoisotopic (exact) mass is 814 g/mol. The molecule has 48 heavy (non-hydrogen) atoms. The quantitative estimate of drug-likeness (QED) is 0.204. The van der Waals surface area contributed by atoms with Gasteiger partial charge in [-0.1, -0.05) is 0 Å². The Morgan fingerprint density at radius 1 is 0.458 bits per heavy atom. The van der Waals surface area contributed by atoms with E-state index >= 15 is 0 Å². The molecule has 4 fully saturated rings. The SMILES string of the molecule is O=C1C2C(C(=O)N1[O][Sb]([O]N1C(=O)C3C(C1=O)[C@H]1C=C[C@@H]3O1)([c]1ccc(Cl)cc1)([c]1ccc(Cl)cc1)[c]1ccc(Cl)cc1)[C@H]1C=C[C@@H]2O1. The maximum absolute atomic E-state index is 14.3. The van der Waals surface area contributed by atoms with Crippen LogP contribution in [0, 0.1) is 23.7 Å². The van der Waals surface area contributed by atoms with Crippen molar-refractivity contribution in [2.24, 2.45) is 23.7 Å². The van der Waals surface area contributed by atoms with Gasteiger partial charge in [0.25, 0.3) is 0 Å². The first-order chi connectivity index (χ1) is 23.1. The van der Waals surface area contributed by atoms with Crippen LogP contribution >= 0.6 is 34.8 Å². The first-order valence-electron chi connectivity index (χ1n) is 15.2. The number of hydrogen-bond donors (Lipinski definition) is 0. The molecule has 9 rings (SSSR count). The fraction of sp³-hybridized carbons (Fsp3) is 0.235. The number of rotatable bonds is 7. The summed E-state index contributed by atoms with van der Waals surface area (Å²) in [6, 6.07) is 19.6. The van der Waals surface area contributed by atoms with Gasteiger partial charge in [0.05, 0.1) is 0 Å². The summed E-state index contributed by atoms with van der Waals surface area (Å²) in [5.41, 5.74) is 0. The Morgan fingerprint density at radius 2 is 0.708 bits per heavy atom. The average molecular weight is 817 g/mol. The van der Waals surface area contributed by atoms with Crippen LogP contribution in [0.15, 0.2) is 97.1 Å². The molecular formula is C34H24Cl3N2O8Sb. The van der Waals surface area contributed by atoms with Gasteiger partial charge in [-0.2, -0.15) is 0 Å². The van der Waals surface area contributed by atoms with Crippen molar-refractivity contribution in [1.82, 2.24) is 10.1 Å². The summed E-state index contributed by atoms with van der Waals surface area (Å²) >= 11 is 12.6. The number of nitrogens with zero attached hydrogens (tertiary/aromatic N) is 2. The van der Waals surface area contributed by atoms with Crippen LogP contribution in [0.25, 0.3) is 0 Å². The predicted molar refractivity (Wildman–Crippen MR) is 174 cm³/mol. The van der Waals surface area contributed by atoms with Crippen LogP contribution in [-0.4, -0.2) is 76.4 Å². The third kappa shape index (κ3) is 4.03. The summed E-state index contributed by atoms with van der Waals surface area (Å²) < 4.78 is 27.0. The van der Waals surface area contributed by atoms with Crippen molar-refractivity contribution < 1.29 is 34.9 Å². The minimum atomic E-state index is -6.65. The van der Waals surface area contributed by atoms with E-state index in [1.54, 1.807) is 97.1 Å². The number of imide groups is 2. The second-order valence-electron chi connectivity index (χ2n) is 12.5. The number of amides is 4. The van der Waals surface area contributed by atoms with Gasteiger partial charge in [0, 0.05) is 0 Å². The molecule has 8 atom stereocenters. The Morgan fingerprint density at radius 3 is 0.958 bits per heavy atom. The first-order valence-corrected chi connectivity index (χ1v) is 22.3. The number of ether oxygens (including phenoxy) is 2. The molecular weight excluding hydrogens is 792 g/mol. The molecule has 0 aromatic heterocycles. The van der Waals surface area contributed by atoms with Crippen LogP contribution in [0.4, 0.5) is 0 Å². The zero-order chi connectivity index (χ0) is 33.1. The van der Waals surface area contributed by atoms with Crippen LogP contribution in [0.2, 0.25) is 15.1 Å². The maximum atomic E-state index is 14.3. The normalized spacial score (nSPS) is 32.0. The van der Waals surface area contributed by atoms with E-state index < -0.39 is 90.0 Å². The third-order valence-electron chi connectivity index (χ3n) is 10.1. The van der Waals surface area contributed by atoms with Crippen molar-refractivity contribution in [2.45, 2.75) is 24.4 Å². The summed E-state index contributed by atoms with van der Waals surface area (Å²) in [5, 5.41) is 2.68. The van der Waals surface area contributed by atoms with E-state index in [2.05, 4.69) is 0 Å². The molecule has 0 radical (unpaired) electrons. The molecule has 4 unspecified atom stereocenters. The first kappa shape index (κ1) is 31.0. The van der Waals surface area contributed by atoms with Gasteiger partial charge >= 0.3 is 292 Å². The number of benzene rings is 3. The molecule has 6 heterocycles. The van der Waals surface area contributed by atoms with E-state index in [0.717, 1.165) is 10.1 Å². The Balaban J connectivity index is 1.32. The van der Waals surface area contributed by atoms with Gasteiger partial charge in [-0.15, -0.1) is 0 Å². The van der Waals surface area contributed by atoms with E-state index in [-0.39, 0.29) is 0 Å². The van der Waals surface area contributed by atoms with Crippen molar-refractivity contribution in [2.75, 3.05) is 0 Å². The molecule has 244 valence electrons. The topological polar surface area (TPSA) is 112 Å². The molecule has 0 N–H and O–H groups in total. The Labute approximate surface area is 290 Å². The molecule has 6 aliphatic heterocycles. The fourth-order valence-corrected chi connectivity index (χ4v) is 21.1.